The minimum atomic E-state index is -1.68. The van der Waals surface area contributed by atoms with Crippen molar-refractivity contribution in [2.24, 2.45) is 51.0 Å². The van der Waals surface area contributed by atoms with Gasteiger partial charge >= 0.3 is 5.97 Å². The maximum atomic E-state index is 14.8. The number of nitrogens with zero attached hydrogens (tertiary/aromatic N) is 2. The van der Waals surface area contributed by atoms with Gasteiger partial charge in [0.25, 0.3) is 0 Å². The van der Waals surface area contributed by atoms with Crippen molar-refractivity contribution in [2.45, 2.75) is 222 Å². The van der Waals surface area contributed by atoms with Crippen LogP contribution in [0.4, 0.5) is 0 Å². The van der Waals surface area contributed by atoms with E-state index in [0.29, 0.717) is 50.6 Å². The lowest BCUT2D eigenvalue weighted by Gasteiger charge is -2.33. The zero-order valence-corrected chi connectivity index (χ0v) is 62.0. The number of primary amides is 1. The topological polar surface area (TPSA) is 625 Å². The Balaban J connectivity index is 1.83. The van der Waals surface area contributed by atoms with E-state index in [1.165, 1.54) is 25.7 Å². The predicted octanol–water partition coefficient (Wildman–Crippen LogP) is -5.91. The van der Waals surface area contributed by atoms with Crippen LogP contribution in [0, 0.1) is 5.92 Å². The van der Waals surface area contributed by atoms with Crippen LogP contribution in [0.25, 0.3) is 10.9 Å². The largest absolute Gasteiger partial charge is 0.480 e. The SMILES string of the molecule is CC[C@H](C)[C@H](NC(=O)[C@H](CCCN=C(N)N)NC(=O)[C@H](CCCCN)NC(=O)[C@H](CS)NC(=O)[C@H](C)NC(=O)[C@H](C)NC(=O)[C@H](Cc1c[nH]c2ccccc12)NC(=O)[C@H](CS)NC(=O)[C@@H](N)[C@@H](C)O)C(=O)N1CCC[C@H]1C(=O)N[C@@H](CC(N)=O)C(=O)N[C@@H](CCCCN)C(=O)N[C@@H](CCCCN)C(=O)O. The number of para-hydroxylation sites is 1. The zero-order chi connectivity index (χ0) is 78.6. The first-order valence-corrected chi connectivity index (χ1v) is 36.6. The summed E-state index contributed by atoms with van der Waals surface area (Å²) in [6.45, 7) is 8.03. The van der Waals surface area contributed by atoms with E-state index in [9.17, 15) is 77.3 Å². The fourth-order valence-electron chi connectivity index (χ4n) is 11.2. The van der Waals surface area contributed by atoms with E-state index < -0.39 is 180 Å². The second-order valence-electron chi connectivity index (χ2n) is 26.0. The van der Waals surface area contributed by atoms with Gasteiger partial charge in [-0.1, -0.05) is 38.5 Å². The lowest BCUT2D eigenvalue weighted by atomic mass is 9.96. The molecule has 39 heteroatoms. The lowest BCUT2D eigenvalue weighted by Crippen LogP contribution is -2.61. The number of nitrogens with one attached hydrogen (secondary N) is 12. The predicted molar refractivity (Wildman–Crippen MR) is 396 cm³/mol. The standard InChI is InChI=1S/C66H111N21O16S2/c1-6-34(2)52(64(101)87-28-16-23-49(87)62(99)83-46(30-50(70)89)59(96)79-42(20-10-13-25-68)56(93)81-44(65(102)103)21-11-14-26-69)86-57(94)43(22-15-27-74-66(72)73)78-55(92)41(19-9-12-24-67)80-60(97)47(32-104)84-54(91)36(4)76-53(90)35(3)77-58(95)45(29-38-31-75-40-18-8-7-17-39(38)40)82-61(98)48(33-105)85-63(100)51(71)37(5)88/h7-8,17-18,31,34-37,41-49,51-52,75,88,104-105H,6,9-16,19-30,32-33,67-69,71H2,1-5H3,(H2,70,89)(H,76,90)(H,77,95)(H,78,92)(H,79,96)(H,80,97)(H,81,93)(H,82,98)(H,83,99)(H,84,91)(H,85,100)(H,86,94)(H,102,103)(H4,72,73,74)/t34-,35-,36-,37+,41-,42-,43-,44-,45-,46-,47-,48-,49-,51-,52-/m0/s1. The number of aromatic nitrogens is 1. The van der Waals surface area contributed by atoms with E-state index in [4.69, 9.17) is 40.1 Å². The first-order chi connectivity index (χ1) is 49.8. The van der Waals surface area contributed by atoms with Crippen LogP contribution in [0.15, 0.2) is 35.5 Å². The number of hydrogen-bond donors (Lipinski definition) is 23. The molecule has 1 fully saturated rings. The number of amides is 13. The Morgan fingerprint density at radius 3 is 1.50 bits per heavy atom. The van der Waals surface area contributed by atoms with E-state index in [0.717, 1.165) is 10.9 Å². The van der Waals surface area contributed by atoms with Crippen molar-refractivity contribution in [1.29, 1.82) is 0 Å². The summed E-state index contributed by atoms with van der Waals surface area (Å²) in [4.78, 5) is 201. The Kier molecular flexibility index (Phi) is 40.3. The number of aliphatic carboxylic acids is 1. The molecule has 0 unspecified atom stereocenters. The van der Waals surface area contributed by atoms with Crippen LogP contribution in [0.1, 0.15) is 136 Å². The molecule has 2 aromatic rings. The normalized spacial score (nSPS) is 16.7. The van der Waals surface area contributed by atoms with Crippen molar-refractivity contribution in [3.05, 3.63) is 36.0 Å². The van der Waals surface area contributed by atoms with Crippen LogP contribution in [0.2, 0.25) is 0 Å². The second-order valence-corrected chi connectivity index (χ2v) is 26.7. The van der Waals surface area contributed by atoms with Gasteiger partial charge in [-0.25, -0.2) is 4.79 Å². The molecular formula is C66H111N21O16S2. The molecule has 0 saturated carbocycles. The highest BCUT2D eigenvalue weighted by molar-refractivity contribution is 7.80. The first-order valence-electron chi connectivity index (χ1n) is 35.3. The Morgan fingerprint density at radius 2 is 1.00 bits per heavy atom. The number of carboxylic acids is 1. The van der Waals surface area contributed by atoms with Gasteiger partial charge in [-0.15, -0.1) is 0 Å². The van der Waals surface area contributed by atoms with E-state index >= 15 is 0 Å². The van der Waals surface area contributed by atoms with Crippen molar-refractivity contribution < 1.29 is 77.3 Å². The third kappa shape index (κ3) is 30.2. The summed E-state index contributed by atoms with van der Waals surface area (Å²) in [5.74, 6) is -14.2. The number of fused-ring (bicyclic) bond motifs is 1. The number of carboxylic acid groups (broad SMARTS) is 1. The Morgan fingerprint density at radius 1 is 0.562 bits per heavy atom. The van der Waals surface area contributed by atoms with Gasteiger partial charge < -0.3 is 119 Å². The number of carbonyl (C=O) groups is 14. The summed E-state index contributed by atoms with van der Waals surface area (Å²) in [5, 5.41) is 48.5. The van der Waals surface area contributed by atoms with Crippen molar-refractivity contribution in [2.75, 3.05) is 44.2 Å². The van der Waals surface area contributed by atoms with Gasteiger partial charge in [0, 0.05) is 48.1 Å². The number of guanidine groups is 1. The van der Waals surface area contributed by atoms with Crippen LogP contribution in [0.5, 0.6) is 0 Å². The van der Waals surface area contributed by atoms with Gasteiger partial charge in [-0.3, -0.25) is 67.3 Å². The fourth-order valence-corrected chi connectivity index (χ4v) is 11.7. The minimum Gasteiger partial charge on any atom is -0.480 e. The number of aromatic amines is 1. The van der Waals surface area contributed by atoms with E-state index in [2.05, 4.69) is 93.7 Å². The molecule has 1 aliphatic heterocycles. The first kappa shape index (κ1) is 90.3. The van der Waals surface area contributed by atoms with Crippen LogP contribution >= 0.6 is 25.3 Å². The van der Waals surface area contributed by atoms with Gasteiger partial charge in [0.1, 0.15) is 78.5 Å². The molecule has 105 heavy (non-hydrogen) atoms. The lowest BCUT2D eigenvalue weighted by molar-refractivity contribution is -0.144. The Hall–Kier alpha value is -8.89. The van der Waals surface area contributed by atoms with E-state index in [1.54, 1.807) is 44.3 Å². The molecule has 15 atom stereocenters. The third-order valence-corrected chi connectivity index (χ3v) is 18.4. The van der Waals surface area contributed by atoms with Gasteiger partial charge in [0.15, 0.2) is 5.96 Å². The molecule has 0 bridgehead atoms. The summed E-state index contributed by atoms with van der Waals surface area (Å²) in [7, 11) is 0. The summed E-state index contributed by atoms with van der Waals surface area (Å²) < 4.78 is 0. The minimum absolute atomic E-state index is 0.000624. The number of aliphatic hydroxyl groups is 1. The molecule has 1 aliphatic rings. The van der Waals surface area contributed by atoms with Gasteiger partial charge in [0.05, 0.1) is 12.5 Å². The summed E-state index contributed by atoms with van der Waals surface area (Å²) in [6.07, 6.45) is 2.42. The third-order valence-electron chi connectivity index (χ3n) is 17.6. The number of carbonyl (C=O) groups excluding carboxylic acids is 13. The number of aliphatic hydroxyl groups excluding tert-OH is 1. The van der Waals surface area contributed by atoms with E-state index in [1.807, 2.05) is 0 Å². The Labute approximate surface area is 621 Å². The van der Waals surface area contributed by atoms with Gasteiger partial charge in [0.2, 0.25) is 76.8 Å². The summed E-state index contributed by atoms with van der Waals surface area (Å²) in [5.41, 5.74) is 40.9. The van der Waals surface area contributed by atoms with Crippen LogP contribution < -0.4 is 98.6 Å². The van der Waals surface area contributed by atoms with Gasteiger partial charge in [-0.05, 0) is 141 Å². The highest BCUT2D eigenvalue weighted by Crippen LogP contribution is 2.24. The smallest absolute Gasteiger partial charge is 0.326 e. The average Bonchev–Trinajstić information content (AvgIpc) is 1.78. The van der Waals surface area contributed by atoms with Crippen LogP contribution in [-0.4, -0.2) is 238 Å². The molecule has 13 amide bonds. The number of likely N-dealkylation sites (tertiary alicyclic amines) is 1. The monoisotopic (exact) mass is 1520 g/mol. The van der Waals surface area contributed by atoms with Gasteiger partial charge in [-0.2, -0.15) is 25.3 Å². The molecule has 588 valence electrons. The highest BCUT2D eigenvalue weighted by Gasteiger charge is 2.42. The molecule has 37 nitrogen and oxygen atoms in total. The highest BCUT2D eigenvalue weighted by atomic mass is 32.1. The van der Waals surface area contributed by atoms with Crippen molar-refractivity contribution in [3.63, 3.8) is 0 Å². The molecule has 0 spiro atoms. The molecule has 1 saturated heterocycles. The number of aliphatic imine (C=N–C) groups is 1. The average molecular weight is 1520 g/mol. The van der Waals surface area contributed by atoms with Crippen molar-refractivity contribution >= 4 is 125 Å². The number of rotatable bonds is 49. The zero-order valence-electron chi connectivity index (χ0n) is 60.3. The second kappa shape index (κ2) is 46.8. The molecule has 28 N–H and O–H groups in total. The number of H-pyrrole nitrogens is 1. The van der Waals surface area contributed by atoms with Crippen LogP contribution in [0.3, 0.4) is 0 Å². The quantitative estimate of drug-likeness (QED) is 0.0127. The summed E-state index contributed by atoms with van der Waals surface area (Å²) >= 11 is 8.49. The number of unbranched alkanes of at least 4 members (excludes halogenated alkanes) is 3. The molecule has 3 rings (SSSR count). The maximum absolute atomic E-state index is 14.8. The number of nitrogens with two attached hydrogens (primary N) is 7. The number of benzene rings is 1. The van der Waals surface area contributed by atoms with Crippen molar-refractivity contribution in [1.82, 2.24) is 68.4 Å². The molecule has 2 heterocycles. The fraction of sp³-hybridized carbons (Fsp3) is 0.652. The van der Waals surface area contributed by atoms with Crippen LogP contribution in [-0.2, 0) is 73.5 Å². The summed E-state index contributed by atoms with van der Waals surface area (Å²) in [6, 6.07) is -10.9. The number of thiol groups is 2. The molecule has 0 radical (unpaired) electrons. The Bertz CT molecular complexity index is 3290. The van der Waals surface area contributed by atoms with E-state index in [-0.39, 0.29) is 101 Å². The molecule has 1 aromatic heterocycles. The number of hydrogen-bond acceptors (Lipinski definition) is 22. The maximum Gasteiger partial charge on any atom is 0.326 e. The van der Waals surface area contributed by atoms with Crippen molar-refractivity contribution in [3.8, 4) is 0 Å². The molecule has 1 aromatic carbocycles. The molecule has 0 aliphatic carbocycles. The molecular weight excluding hydrogens is 1410 g/mol.